The summed E-state index contributed by atoms with van der Waals surface area (Å²) in [7, 11) is 0. The van der Waals surface area contributed by atoms with E-state index in [0.717, 1.165) is 24.1 Å². The van der Waals surface area contributed by atoms with Crippen molar-refractivity contribution in [2.45, 2.75) is 52.0 Å². The zero-order valence-corrected chi connectivity index (χ0v) is 11.7. The third kappa shape index (κ3) is 3.49. The van der Waals surface area contributed by atoms with E-state index in [1.807, 2.05) is 24.3 Å². The molecule has 3 heteroatoms. The predicted molar refractivity (Wildman–Crippen MR) is 75.1 cm³/mol. The van der Waals surface area contributed by atoms with Gasteiger partial charge in [-0.2, -0.15) is 0 Å². The Balaban J connectivity index is 2.77. The molecular weight excluding hydrogens is 226 g/mol. The Morgan fingerprint density at radius 2 is 1.89 bits per heavy atom. The highest BCUT2D eigenvalue weighted by atomic mass is 16.4. The number of hydrogen-bond donors (Lipinski definition) is 2. The van der Waals surface area contributed by atoms with Gasteiger partial charge in [0.15, 0.2) is 0 Å². The summed E-state index contributed by atoms with van der Waals surface area (Å²) in [6, 6.07) is 8.11. The first-order valence-corrected chi connectivity index (χ1v) is 6.48. The molecular formula is C15H23NO2. The van der Waals surface area contributed by atoms with Crippen molar-refractivity contribution in [1.29, 1.82) is 0 Å². The Kier molecular flexibility index (Phi) is 4.76. The van der Waals surface area contributed by atoms with Crippen LogP contribution in [0.4, 0.5) is 5.69 Å². The fraction of sp³-hybridized carbons (Fsp3) is 0.533. The summed E-state index contributed by atoms with van der Waals surface area (Å²) < 4.78 is 0. The van der Waals surface area contributed by atoms with E-state index in [2.05, 4.69) is 19.2 Å². The van der Waals surface area contributed by atoms with Gasteiger partial charge < -0.3 is 10.4 Å². The van der Waals surface area contributed by atoms with Gasteiger partial charge in [-0.3, -0.25) is 4.79 Å². The first-order chi connectivity index (χ1) is 8.37. The van der Waals surface area contributed by atoms with Gasteiger partial charge in [0.1, 0.15) is 0 Å². The number of aliphatic carboxylic acids is 1. The molecule has 0 heterocycles. The number of carbonyl (C=O) groups is 1. The minimum atomic E-state index is -0.840. The summed E-state index contributed by atoms with van der Waals surface area (Å²) in [5, 5.41) is 12.6. The van der Waals surface area contributed by atoms with Crippen molar-refractivity contribution in [3.8, 4) is 0 Å². The molecule has 0 bridgehead atoms. The van der Waals surface area contributed by atoms with Crippen LogP contribution in [0.3, 0.4) is 0 Å². The Morgan fingerprint density at radius 3 is 2.33 bits per heavy atom. The lowest BCUT2D eigenvalue weighted by Gasteiger charge is -2.21. The van der Waals surface area contributed by atoms with Crippen LogP contribution in [0.25, 0.3) is 0 Å². The molecule has 100 valence electrons. The van der Waals surface area contributed by atoms with Gasteiger partial charge in [0.05, 0.1) is 5.41 Å². The molecule has 0 aliphatic heterocycles. The zero-order chi connectivity index (χ0) is 13.8. The summed E-state index contributed by atoms with van der Waals surface area (Å²) >= 11 is 0. The third-order valence-corrected chi connectivity index (χ3v) is 3.28. The van der Waals surface area contributed by atoms with Gasteiger partial charge in [-0.25, -0.2) is 0 Å². The molecule has 2 N–H and O–H groups in total. The molecule has 0 aliphatic rings. The van der Waals surface area contributed by atoms with Crippen LogP contribution in [0, 0.1) is 0 Å². The second kappa shape index (κ2) is 5.89. The summed E-state index contributed by atoms with van der Waals surface area (Å²) in [6.07, 6.45) is 2.28. The SMILES string of the molecule is CCCC(C)Nc1ccc(C(C)(C)C(=O)O)cc1. The quantitative estimate of drug-likeness (QED) is 0.809. The van der Waals surface area contributed by atoms with E-state index in [9.17, 15) is 4.79 Å². The second-order valence-corrected chi connectivity index (χ2v) is 5.34. The number of carboxylic acids is 1. The first-order valence-electron chi connectivity index (χ1n) is 6.48. The highest BCUT2D eigenvalue weighted by Crippen LogP contribution is 2.25. The van der Waals surface area contributed by atoms with Crippen molar-refractivity contribution < 1.29 is 9.90 Å². The van der Waals surface area contributed by atoms with Gasteiger partial charge in [0, 0.05) is 11.7 Å². The van der Waals surface area contributed by atoms with E-state index in [-0.39, 0.29) is 0 Å². The minimum Gasteiger partial charge on any atom is -0.481 e. The highest BCUT2D eigenvalue weighted by Gasteiger charge is 2.29. The Bertz CT molecular complexity index is 395. The normalized spacial score (nSPS) is 13.1. The van der Waals surface area contributed by atoms with Crippen molar-refractivity contribution in [2.75, 3.05) is 5.32 Å². The number of hydrogen-bond acceptors (Lipinski definition) is 2. The maximum absolute atomic E-state index is 11.2. The lowest BCUT2D eigenvalue weighted by atomic mass is 9.85. The molecule has 1 unspecified atom stereocenters. The molecule has 0 spiro atoms. The Hall–Kier alpha value is -1.51. The summed E-state index contributed by atoms with van der Waals surface area (Å²) in [4.78, 5) is 11.2. The second-order valence-electron chi connectivity index (χ2n) is 5.34. The summed E-state index contributed by atoms with van der Waals surface area (Å²) in [5.74, 6) is -0.803. The molecule has 1 rings (SSSR count). The molecule has 1 aromatic carbocycles. The van der Waals surface area contributed by atoms with E-state index in [1.54, 1.807) is 13.8 Å². The zero-order valence-electron chi connectivity index (χ0n) is 11.7. The maximum Gasteiger partial charge on any atom is 0.313 e. The minimum absolute atomic E-state index is 0.438. The number of rotatable bonds is 6. The summed E-state index contributed by atoms with van der Waals surface area (Å²) in [6.45, 7) is 7.75. The average molecular weight is 249 g/mol. The van der Waals surface area contributed by atoms with Crippen LogP contribution in [0.5, 0.6) is 0 Å². The monoisotopic (exact) mass is 249 g/mol. The van der Waals surface area contributed by atoms with Crippen LogP contribution in [0.2, 0.25) is 0 Å². The van der Waals surface area contributed by atoms with Crippen LogP contribution in [0.1, 0.15) is 46.1 Å². The van der Waals surface area contributed by atoms with Gasteiger partial charge in [0.2, 0.25) is 0 Å². The number of carboxylic acid groups (broad SMARTS) is 1. The molecule has 0 fully saturated rings. The fourth-order valence-corrected chi connectivity index (χ4v) is 1.90. The molecule has 1 atom stereocenters. The average Bonchev–Trinajstić information content (AvgIpc) is 2.29. The van der Waals surface area contributed by atoms with Crippen LogP contribution in [-0.4, -0.2) is 17.1 Å². The highest BCUT2D eigenvalue weighted by molar-refractivity contribution is 5.80. The number of benzene rings is 1. The largest absolute Gasteiger partial charge is 0.481 e. The first kappa shape index (κ1) is 14.6. The van der Waals surface area contributed by atoms with Crippen LogP contribution in [-0.2, 0) is 10.2 Å². The third-order valence-electron chi connectivity index (χ3n) is 3.28. The molecule has 3 nitrogen and oxygen atoms in total. The maximum atomic E-state index is 11.2. The smallest absolute Gasteiger partial charge is 0.313 e. The van der Waals surface area contributed by atoms with Crippen molar-refractivity contribution in [2.24, 2.45) is 0 Å². The van der Waals surface area contributed by atoms with E-state index < -0.39 is 11.4 Å². The molecule has 0 aromatic heterocycles. The molecule has 0 saturated carbocycles. The number of anilines is 1. The van der Waals surface area contributed by atoms with Crippen molar-refractivity contribution in [3.63, 3.8) is 0 Å². The van der Waals surface area contributed by atoms with Crippen molar-refractivity contribution >= 4 is 11.7 Å². The molecule has 0 aliphatic carbocycles. The Morgan fingerprint density at radius 1 is 1.33 bits per heavy atom. The van der Waals surface area contributed by atoms with Crippen LogP contribution >= 0.6 is 0 Å². The van der Waals surface area contributed by atoms with E-state index in [1.165, 1.54) is 0 Å². The molecule has 0 saturated heterocycles. The van der Waals surface area contributed by atoms with Crippen LogP contribution in [0.15, 0.2) is 24.3 Å². The fourth-order valence-electron chi connectivity index (χ4n) is 1.90. The topological polar surface area (TPSA) is 49.3 Å². The van der Waals surface area contributed by atoms with Gasteiger partial charge in [-0.15, -0.1) is 0 Å². The van der Waals surface area contributed by atoms with E-state index >= 15 is 0 Å². The summed E-state index contributed by atoms with van der Waals surface area (Å²) in [5.41, 5.74) is 1.03. The van der Waals surface area contributed by atoms with E-state index in [0.29, 0.717) is 6.04 Å². The van der Waals surface area contributed by atoms with Gasteiger partial charge in [-0.05, 0) is 44.9 Å². The Labute approximate surface area is 109 Å². The lowest BCUT2D eigenvalue weighted by Crippen LogP contribution is -2.28. The molecule has 1 aromatic rings. The molecule has 0 amide bonds. The molecule has 0 radical (unpaired) electrons. The van der Waals surface area contributed by atoms with E-state index in [4.69, 9.17) is 5.11 Å². The predicted octanol–water partition coefficient (Wildman–Crippen LogP) is 3.65. The van der Waals surface area contributed by atoms with Crippen molar-refractivity contribution in [1.82, 2.24) is 0 Å². The lowest BCUT2D eigenvalue weighted by molar-refractivity contribution is -0.142. The van der Waals surface area contributed by atoms with Gasteiger partial charge in [0.25, 0.3) is 0 Å². The van der Waals surface area contributed by atoms with Gasteiger partial charge >= 0.3 is 5.97 Å². The molecule has 18 heavy (non-hydrogen) atoms. The van der Waals surface area contributed by atoms with Crippen molar-refractivity contribution in [3.05, 3.63) is 29.8 Å². The number of nitrogens with one attached hydrogen (secondary N) is 1. The van der Waals surface area contributed by atoms with Gasteiger partial charge in [-0.1, -0.05) is 25.5 Å². The van der Waals surface area contributed by atoms with Crippen LogP contribution < -0.4 is 5.32 Å². The standard InChI is InChI=1S/C15H23NO2/c1-5-6-11(2)16-13-9-7-12(8-10-13)15(3,4)14(17)18/h7-11,16H,5-6H2,1-4H3,(H,17,18).